The molecule has 7 heteroatoms. The van der Waals surface area contributed by atoms with Crippen molar-refractivity contribution in [3.8, 4) is 11.5 Å². The second kappa shape index (κ2) is 6.67. The van der Waals surface area contributed by atoms with Crippen LogP contribution in [0.3, 0.4) is 0 Å². The molecule has 2 aliphatic rings. The van der Waals surface area contributed by atoms with Crippen LogP contribution in [0.4, 0.5) is 15.8 Å². The van der Waals surface area contributed by atoms with Gasteiger partial charge in [-0.2, -0.15) is 0 Å². The molecule has 4 rings (SSSR count). The van der Waals surface area contributed by atoms with Crippen molar-refractivity contribution in [2.75, 3.05) is 30.0 Å². The minimum Gasteiger partial charge on any atom is -0.486 e. The van der Waals surface area contributed by atoms with E-state index in [-0.39, 0.29) is 24.8 Å². The van der Waals surface area contributed by atoms with E-state index in [2.05, 4.69) is 5.32 Å². The quantitative estimate of drug-likeness (QED) is 0.918. The van der Waals surface area contributed by atoms with Gasteiger partial charge in [0.1, 0.15) is 19.0 Å². The lowest BCUT2D eigenvalue weighted by Crippen LogP contribution is -2.28. The molecule has 0 aliphatic carbocycles. The molecular weight excluding hydrogens is 339 g/mol. The topological polar surface area (TPSA) is 67.9 Å². The predicted molar refractivity (Wildman–Crippen MR) is 92.9 cm³/mol. The fourth-order valence-electron chi connectivity index (χ4n) is 3.14. The summed E-state index contributed by atoms with van der Waals surface area (Å²) in [5, 5.41) is 2.81. The summed E-state index contributed by atoms with van der Waals surface area (Å²) in [4.78, 5) is 26.2. The number of rotatable bonds is 3. The standard InChI is InChI=1S/C19H17FN2O4/c20-13-2-1-3-15(9-13)22-11-12(8-18(22)23)19(24)21-14-4-5-16-17(10-14)26-7-6-25-16/h1-5,9-10,12H,6-8,11H2,(H,21,24). The van der Waals surface area contributed by atoms with Crippen molar-refractivity contribution in [3.05, 3.63) is 48.3 Å². The van der Waals surface area contributed by atoms with E-state index in [1.54, 1.807) is 30.3 Å². The van der Waals surface area contributed by atoms with Crippen LogP contribution >= 0.6 is 0 Å². The number of ether oxygens (including phenoxy) is 2. The van der Waals surface area contributed by atoms with Gasteiger partial charge in [-0.1, -0.05) is 6.07 Å². The molecule has 134 valence electrons. The van der Waals surface area contributed by atoms with Gasteiger partial charge in [0.15, 0.2) is 11.5 Å². The van der Waals surface area contributed by atoms with Gasteiger partial charge in [-0.25, -0.2) is 4.39 Å². The minimum atomic E-state index is -0.501. The lowest BCUT2D eigenvalue weighted by atomic mass is 10.1. The molecule has 0 spiro atoms. The Morgan fingerprint density at radius 2 is 1.92 bits per heavy atom. The summed E-state index contributed by atoms with van der Waals surface area (Å²) in [7, 11) is 0. The van der Waals surface area contributed by atoms with E-state index >= 15 is 0 Å². The van der Waals surface area contributed by atoms with E-state index in [0.717, 1.165) is 0 Å². The van der Waals surface area contributed by atoms with Gasteiger partial charge in [-0.3, -0.25) is 9.59 Å². The largest absolute Gasteiger partial charge is 0.486 e. The maximum atomic E-state index is 13.4. The first kappa shape index (κ1) is 16.4. The summed E-state index contributed by atoms with van der Waals surface area (Å²) in [5.41, 5.74) is 1.04. The van der Waals surface area contributed by atoms with E-state index in [4.69, 9.17) is 9.47 Å². The van der Waals surface area contributed by atoms with Gasteiger partial charge < -0.3 is 19.7 Å². The molecule has 1 atom stereocenters. The smallest absolute Gasteiger partial charge is 0.229 e. The van der Waals surface area contributed by atoms with Crippen LogP contribution in [0.15, 0.2) is 42.5 Å². The summed E-state index contributed by atoms with van der Waals surface area (Å²) >= 11 is 0. The van der Waals surface area contributed by atoms with Crippen LogP contribution in [-0.4, -0.2) is 31.6 Å². The zero-order valence-corrected chi connectivity index (χ0v) is 13.9. The van der Waals surface area contributed by atoms with Crippen LogP contribution in [0.1, 0.15) is 6.42 Å². The van der Waals surface area contributed by atoms with Crippen LogP contribution in [-0.2, 0) is 9.59 Å². The number of carbonyl (C=O) groups excluding carboxylic acids is 2. The van der Waals surface area contributed by atoms with Crippen LogP contribution in [0.2, 0.25) is 0 Å². The Morgan fingerprint density at radius 1 is 1.12 bits per heavy atom. The maximum absolute atomic E-state index is 13.4. The Kier molecular flexibility index (Phi) is 4.20. The second-order valence-corrected chi connectivity index (χ2v) is 6.23. The number of carbonyl (C=O) groups is 2. The van der Waals surface area contributed by atoms with Gasteiger partial charge in [-0.15, -0.1) is 0 Å². The molecule has 0 aromatic heterocycles. The van der Waals surface area contributed by atoms with Crippen molar-refractivity contribution in [2.24, 2.45) is 5.92 Å². The molecule has 2 amide bonds. The molecule has 2 aromatic carbocycles. The molecule has 2 heterocycles. The molecule has 2 aromatic rings. The molecule has 0 bridgehead atoms. The maximum Gasteiger partial charge on any atom is 0.229 e. The third kappa shape index (κ3) is 3.20. The fourth-order valence-corrected chi connectivity index (χ4v) is 3.14. The lowest BCUT2D eigenvalue weighted by molar-refractivity contribution is -0.122. The van der Waals surface area contributed by atoms with Gasteiger partial charge in [0.05, 0.1) is 5.92 Å². The first-order chi connectivity index (χ1) is 12.6. The Balaban J connectivity index is 1.45. The number of benzene rings is 2. The highest BCUT2D eigenvalue weighted by atomic mass is 19.1. The molecule has 1 N–H and O–H groups in total. The molecule has 1 fully saturated rings. The molecule has 0 saturated carbocycles. The van der Waals surface area contributed by atoms with Crippen molar-refractivity contribution in [1.82, 2.24) is 0 Å². The molecule has 2 aliphatic heterocycles. The molecule has 1 saturated heterocycles. The Bertz CT molecular complexity index is 870. The average molecular weight is 356 g/mol. The van der Waals surface area contributed by atoms with Crippen LogP contribution in [0.5, 0.6) is 11.5 Å². The molecule has 0 radical (unpaired) electrons. The highest BCUT2D eigenvalue weighted by Gasteiger charge is 2.35. The van der Waals surface area contributed by atoms with Crippen LogP contribution < -0.4 is 19.7 Å². The lowest BCUT2D eigenvalue weighted by Gasteiger charge is -2.19. The van der Waals surface area contributed by atoms with E-state index in [9.17, 15) is 14.0 Å². The summed E-state index contributed by atoms with van der Waals surface area (Å²) in [5.74, 6) is -0.147. The van der Waals surface area contributed by atoms with E-state index < -0.39 is 11.7 Å². The highest BCUT2D eigenvalue weighted by molar-refractivity contribution is 6.03. The number of nitrogens with one attached hydrogen (secondary N) is 1. The van der Waals surface area contributed by atoms with Crippen LogP contribution in [0, 0.1) is 11.7 Å². The first-order valence-electron chi connectivity index (χ1n) is 8.36. The van der Waals surface area contributed by atoms with Crippen molar-refractivity contribution >= 4 is 23.2 Å². The zero-order valence-electron chi connectivity index (χ0n) is 13.9. The minimum absolute atomic E-state index is 0.0902. The number of fused-ring (bicyclic) bond motifs is 1. The third-order valence-electron chi connectivity index (χ3n) is 4.43. The SMILES string of the molecule is O=C(Nc1ccc2c(c1)OCCO2)C1CC(=O)N(c2cccc(F)c2)C1. The van der Waals surface area contributed by atoms with Gasteiger partial charge in [0, 0.05) is 30.4 Å². The van der Waals surface area contributed by atoms with Gasteiger partial charge in [0.25, 0.3) is 0 Å². The summed E-state index contributed by atoms with van der Waals surface area (Å²) < 4.78 is 24.3. The number of halogens is 1. The number of hydrogen-bond donors (Lipinski definition) is 1. The zero-order chi connectivity index (χ0) is 18.1. The Hall–Kier alpha value is -3.09. The number of hydrogen-bond acceptors (Lipinski definition) is 4. The highest BCUT2D eigenvalue weighted by Crippen LogP contribution is 2.33. The van der Waals surface area contributed by atoms with Crippen molar-refractivity contribution in [1.29, 1.82) is 0 Å². The van der Waals surface area contributed by atoms with Gasteiger partial charge in [0.2, 0.25) is 11.8 Å². The van der Waals surface area contributed by atoms with E-state index in [1.165, 1.54) is 17.0 Å². The Labute approximate surface area is 149 Å². The number of amides is 2. The number of anilines is 2. The van der Waals surface area contributed by atoms with Crippen molar-refractivity contribution < 1.29 is 23.5 Å². The van der Waals surface area contributed by atoms with Crippen molar-refractivity contribution in [3.63, 3.8) is 0 Å². The third-order valence-corrected chi connectivity index (χ3v) is 4.43. The normalized spacial score (nSPS) is 18.7. The van der Waals surface area contributed by atoms with Crippen LogP contribution in [0.25, 0.3) is 0 Å². The molecule has 1 unspecified atom stereocenters. The van der Waals surface area contributed by atoms with Crippen molar-refractivity contribution in [2.45, 2.75) is 6.42 Å². The average Bonchev–Trinajstić information content (AvgIpc) is 3.03. The molecule has 26 heavy (non-hydrogen) atoms. The van der Waals surface area contributed by atoms with E-state index in [1.807, 2.05) is 0 Å². The molecular formula is C19H17FN2O4. The van der Waals surface area contributed by atoms with Gasteiger partial charge >= 0.3 is 0 Å². The second-order valence-electron chi connectivity index (χ2n) is 6.23. The van der Waals surface area contributed by atoms with E-state index in [0.29, 0.717) is 36.1 Å². The number of nitrogens with zero attached hydrogens (tertiary/aromatic N) is 1. The first-order valence-corrected chi connectivity index (χ1v) is 8.36. The predicted octanol–water partition coefficient (Wildman–Crippen LogP) is 2.59. The summed E-state index contributed by atoms with van der Waals surface area (Å²) in [6.45, 7) is 1.18. The summed E-state index contributed by atoms with van der Waals surface area (Å²) in [6.07, 6.45) is 0.0902. The fraction of sp³-hybridized carbons (Fsp3) is 0.263. The van der Waals surface area contributed by atoms with Gasteiger partial charge in [-0.05, 0) is 30.3 Å². The summed E-state index contributed by atoms with van der Waals surface area (Å²) in [6, 6.07) is 11.0. The monoisotopic (exact) mass is 356 g/mol. The molecule has 6 nitrogen and oxygen atoms in total. The Morgan fingerprint density at radius 3 is 2.73 bits per heavy atom.